The van der Waals surface area contributed by atoms with Gasteiger partial charge in [0.1, 0.15) is 5.15 Å². The van der Waals surface area contributed by atoms with Crippen molar-refractivity contribution in [1.82, 2.24) is 4.98 Å². The maximum Gasteiger partial charge on any atom is 0.129 e. The molecule has 0 aliphatic carbocycles. The van der Waals surface area contributed by atoms with E-state index in [0.29, 0.717) is 5.15 Å². The van der Waals surface area contributed by atoms with Crippen molar-refractivity contribution in [1.29, 1.82) is 0 Å². The molecule has 0 spiro atoms. The fourth-order valence-corrected chi connectivity index (χ4v) is 2.58. The molecule has 2 aromatic rings. The van der Waals surface area contributed by atoms with Crippen LogP contribution in [-0.2, 0) is 5.75 Å². The van der Waals surface area contributed by atoms with Gasteiger partial charge < -0.3 is 5.73 Å². The third kappa shape index (κ3) is 3.38. The number of benzene rings is 1. The first-order valence-electron chi connectivity index (χ1n) is 5.24. The lowest BCUT2D eigenvalue weighted by Gasteiger charge is -2.06. The third-order valence-electron chi connectivity index (χ3n) is 2.35. The number of aromatic nitrogens is 1. The van der Waals surface area contributed by atoms with Gasteiger partial charge in [-0.2, -0.15) is 0 Å². The minimum Gasteiger partial charge on any atom is -0.398 e. The fraction of sp³-hybridized carbons (Fsp3) is 0.154. The summed E-state index contributed by atoms with van der Waals surface area (Å²) < 4.78 is 0. The number of rotatable bonds is 3. The minimum atomic E-state index is 0.528. The van der Waals surface area contributed by atoms with Gasteiger partial charge in [0, 0.05) is 22.5 Å². The predicted molar refractivity (Wildman–Crippen MR) is 74.4 cm³/mol. The summed E-state index contributed by atoms with van der Waals surface area (Å²) in [5.74, 6) is 0.843. The number of hydrogen-bond donors (Lipinski definition) is 1. The van der Waals surface area contributed by atoms with Crippen LogP contribution in [0.15, 0.2) is 41.4 Å². The van der Waals surface area contributed by atoms with E-state index in [1.54, 1.807) is 18.0 Å². The smallest absolute Gasteiger partial charge is 0.129 e. The van der Waals surface area contributed by atoms with Crippen molar-refractivity contribution in [2.45, 2.75) is 17.6 Å². The van der Waals surface area contributed by atoms with Gasteiger partial charge in [-0.05, 0) is 42.3 Å². The molecule has 0 bridgehead atoms. The third-order valence-corrected chi connectivity index (χ3v) is 3.72. The van der Waals surface area contributed by atoms with E-state index < -0.39 is 0 Å². The summed E-state index contributed by atoms with van der Waals surface area (Å²) >= 11 is 7.54. The number of nitrogens with two attached hydrogens (primary N) is 1. The highest BCUT2D eigenvalue weighted by Crippen LogP contribution is 2.28. The molecule has 0 unspecified atom stereocenters. The summed E-state index contributed by atoms with van der Waals surface area (Å²) in [6.45, 7) is 2.04. The molecule has 0 fully saturated rings. The standard InChI is InChI=1S/C13H13ClN2S/c1-9-2-3-12(11(15)6-9)17-8-10-4-5-16-13(14)7-10/h2-7H,8,15H2,1H3. The average Bonchev–Trinajstić information content (AvgIpc) is 2.28. The van der Waals surface area contributed by atoms with Gasteiger partial charge in [-0.15, -0.1) is 11.8 Å². The predicted octanol–water partition coefficient (Wildman–Crippen LogP) is 3.92. The summed E-state index contributed by atoms with van der Waals surface area (Å²) in [6, 6.07) is 9.94. The van der Waals surface area contributed by atoms with E-state index >= 15 is 0 Å². The molecule has 0 saturated carbocycles. The Hall–Kier alpha value is -1.19. The number of aryl methyl sites for hydroxylation is 1. The molecule has 0 atom stereocenters. The molecular formula is C13H13ClN2S. The fourth-order valence-electron chi connectivity index (χ4n) is 1.49. The first kappa shape index (κ1) is 12.3. The Balaban J connectivity index is 2.07. The molecule has 1 aromatic carbocycles. The second-order valence-corrected chi connectivity index (χ2v) is 5.22. The van der Waals surface area contributed by atoms with Crippen LogP contribution in [0.3, 0.4) is 0 Å². The van der Waals surface area contributed by atoms with E-state index in [1.807, 2.05) is 25.1 Å². The summed E-state index contributed by atoms with van der Waals surface area (Å²) in [7, 11) is 0. The second-order valence-electron chi connectivity index (χ2n) is 3.82. The van der Waals surface area contributed by atoms with Crippen molar-refractivity contribution in [3.63, 3.8) is 0 Å². The number of halogens is 1. The zero-order chi connectivity index (χ0) is 12.3. The first-order valence-corrected chi connectivity index (χ1v) is 6.61. The molecule has 0 aliphatic rings. The van der Waals surface area contributed by atoms with Gasteiger partial charge in [-0.25, -0.2) is 4.98 Å². The Morgan fingerprint density at radius 1 is 1.29 bits per heavy atom. The number of anilines is 1. The van der Waals surface area contributed by atoms with Crippen molar-refractivity contribution in [3.8, 4) is 0 Å². The summed E-state index contributed by atoms with van der Waals surface area (Å²) in [5.41, 5.74) is 9.11. The monoisotopic (exact) mass is 264 g/mol. The lowest BCUT2D eigenvalue weighted by atomic mass is 10.2. The van der Waals surface area contributed by atoms with Crippen LogP contribution in [0.2, 0.25) is 5.15 Å². The van der Waals surface area contributed by atoms with Gasteiger partial charge >= 0.3 is 0 Å². The topological polar surface area (TPSA) is 38.9 Å². The summed E-state index contributed by atoms with van der Waals surface area (Å²) in [5, 5.41) is 0.528. The molecule has 2 N–H and O–H groups in total. The van der Waals surface area contributed by atoms with E-state index in [-0.39, 0.29) is 0 Å². The van der Waals surface area contributed by atoms with Gasteiger partial charge in [0.15, 0.2) is 0 Å². The van der Waals surface area contributed by atoms with Crippen LogP contribution in [0.4, 0.5) is 5.69 Å². The molecule has 1 aromatic heterocycles. The van der Waals surface area contributed by atoms with Gasteiger partial charge in [0.25, 0.3) is 0 Å². The Morgan fingerprint density at radius 3 is 2.82 bits per heavy atom. The highest BCUT2D eigenvalue weighted by atomic mass is 35.5. The highest BCUT2D eigenvalue weighted by Gasteiger charge is 2.01. The van der Waals surface area contributed by atoms with E-state index in [9.17, 15) is 0 Å². The van der Waals surface area contributed by atoms with Crippen molar-refractivity contribution in [2.24, 2.45) is 0 Å². The number of hydrogen-bond acceptors (Lipinski definition) is 3. The maximum absolute atomic E-state index is 5.96. The molecule has 2 nitrogen and oxygen atoms in total. The largest absolute Gasteiger partial charge is 0.398 e. The number of pyridine rings is 1. The lowest BCUT2D eigenvalue weighted by molar-refractivity contribution is 1.27. The lowest BCUT2D eigenvalue weighted by Crippen LogP contribution is -1.90. The van der Waals surface area contributed by atoms with E-state index in [2.05, 4.69) is 17.1 Å². The molecule has 0 aliphatic heterocycles. The SMILES string of the molecule is Cc1ccc(SCc2ccnc(Cl)c2)c(N)c1. The Morgan fingerprint density at radius 2 is 2.12 bits per heavy atom. The van der Waals surface area contributed by atoms with Gasteiger partial charge in [0.2, 0.25) is 0 Å². The molecule has 0 saturated heterocycles. The van der Waals surface area contributed by atoms with Crippen molar-refractivity contribution in [2.75, 3.05) is 5.73 Å². The van der Waals surface area contributed by atoms with Gasteiger partial charge in [0.05, 0.1) is 0 Å². The van der Waals surface area contributed by atoms with Crippen molar-refractivity contribution in [3.05, 3.63) is 52.8 Å². The average molecular weight is 265 g/mol. The number of thioether (sulfide) groups is 1. The van der Waals surface area contributed by atoms with E-state index in [4.69, 9.17) is 17.3 Å². The van der Waals surface area contributed by atoms with Crippen LogP contribution >= 0.6 is 23.4 Å². The van der Waals surface area contributed by atoms with Crippen molar-refractivity contribution < 1.29 is 0 Å². The molecular weight excluding hydrogens is 252 g/mol. The Labute approximate surface area is 110 Å². The van der Waals surface area contributed by atoms with Gasteiger partial charge in [-0.3, -0.25) is 0 Å². The van der Waals surface area contributed by atoms with Crippen molar-refractivity contribution >= 4 is 29.1 Å². The summed E-state index contributed by atoms with van der Waals surface area (Å²) in [6.07, 6.45) is 1.72. The van der Waals surface area contributed by atoms with Crippen LogP contribution in [0, 0.1) is 6.92 Å². The zero-order valence-electron chi connectivity index (χ0n) is 9.48. The van der Waals surface area contributed by atoms with E-state index in [1.165, 1.54) is 5.56 Å². The Kier molecular flexibility index (Phi) is 3.92. The number of nitrogens with zero attached hydrogens (tertiary/aromatic N) is 1. The minimum absolute atomic E-state index is 0.528. The Bertz CT molecular complexity index is 529. The molecule has 17 heavy (non-hydrogen) atoms. The highest BCUT2D eigenvalue weighted by molar-refractivity contribution is 7.98. The van der Waals surface area contributed by atoms with Gasteiger partial charge in [-0.1, -0.05) is 17.7 Å². The maximum atomic E-state index is 5.96. The summed E-state index contributed by atoms with van der Waals surface area (Å²) in [4.78, 5) is 5.06. The first-order chi connectivity index (χ1) is 8.15. The molecule has 2 rings (SSSR count). The van der Waals surface area contributed by atoms with Crippen LogP contribution in [0.25, 0.3) is 0 Å². The molecule has 4 heteroatoms. The van der Waals surface area contributed by atoms with Crippen LogP contribution in [0.5, 0.6) is 0 Å². The van der Waals surface area contributed by atoms with Crippen LogP contribution in [0.1, 0.15) is 11.1 Å². The quantitative estimate of drug-likeness (QED) is 0.519. The molecule has 88 valence electrons. The second kappa shape index (κ2) is 5.43. The molecule has 1 heterocycles. The zero-order valence-corrected chi connectivity index (χ0v) is 11.1. The normalized spacial score (nSPS) is 10.5. The molecule has 0 radical (unpaired) electrons. The molecule has 0 amide bonds. The van der Waals surface area contributed by atoms with Crippen LogP contribution < -0.4 is 5.73 Å². The van der Waals surface area contributed by atoms with E-state index in [0.717, 1.165) is 21.9 Å². The van der Waals surface area contributed by atoms with Crippen LogP contribution in [-0.4, -0.2) is 4.98 Å². The number of nitrogen functional groups attached to an aromatic ring is 1.